The molecule has 0 saturated heterocycles. The molecule has 4 heteroatoms. The van der Waals surface area contributed by atoms with Crippen LogP contribution in [-0.2, 0) is 6.18 Å². The van der Waals surface area contributed by atoms with Gasteiger partial charge in [0.1, 0.15) is 0 Å². The molecule has 0 saturated carbocycles. The number of benzene rings is 2. The summed E-state index contributed by atoms with van der Waals surface area (Å²) in [5.41, 5.74) is 1.12. The molecule has 0 N–H and O–H groups in total. The second-order valence-electron chi connectivity index (χ2n) is 3.56. The molecule has 0 atom stereocenters. The van der Waals surface area contributed by atoms with Crippen LogP contribution in [0.2, 0.25) is 0 Å². The molecule has 17 heavy (non-hydrogen) atoms. The maximum atomic E-state index is 12.6. The lowest BCUT2D eigenvalue weighted by Gasteiger charge is -2.10. The van der Waals surface area contributed by atoms with Crippen LogP contribution < -0.4 is 0 Å². The molecule has 0 fully saturated rings. The zero-order valence-electron chi connectivity index (χ0n) is 8.63. The van der Waals surface area contributed by atoms with Crippen molar-refractivity contribution in [2.24, 2.45) is 0 Å². The highest BCUT2D eigenvalue weighted by molar-refractivity contribution is 14.1. The number of rotatable bonds is 1. The van der Waals surface area contributed by atoms with E-state index in [9.17, 15) is 13.2 Å². The number of hydrogen-bond donors (Lipinski definition) is 0. The van der Waals surface area contributed by atoms with E-state index in [-0.39, 0.29) is 3.57 Å². The van der Waals surface area contributed by atoms with E-state index in [1.807, 2.05) is 30.3 Å². The Morgan fingerprint density at radius 3 is 2.00 bits per heavy atom. The minimum absolute atomic E-state index is 0.219. The van der Waals surface area contributed by atoms with Gasteiger partial charge in [0, 0.05) is 3.57 Å². The summed E-state index contributed by atoms with van der Waals surface area (Å²) in [6.07, 6.45) is -4.29. The standard InChI is InChI=1S/C13H8F3I/c14-13(15,16)11-7-6-10(8-12(11)17)9-4-2-1-3-5-9/h1-8H. The molecule has 88 valence electrons. The highest BCUT2D eigenvalue weighted by atomic mass is 127. The molecule has 0 aromatic heterocycles. The van der Waals surface area contributed by atoms with Crippen LogP contribution in [0.15, 0.2) is 48.5 Å². The van der Waals surface area contributed by atoms with E-state index in [1.165, 1.54) is 6.07 Å². The Hall–Kier alpha value is -1.04. The first-order valence-corrected chi connectivity index (χ1v) is 5.98. The Balaban J connectivity index is 2.45. The maximum Gasteiger partial charge on any atom is 0.417 e. The van der Waals surface area contributed by atoms with Crippen molar-refractivity contribution in [2.75, 3.05) is 0 Å². The molecule has 0 bridgehead atoms. The van der Waals surface area contributed by atoms with Gasteiger partial charge >= 0.3 is 6.18 Å². The Bertz CT molecular complexity index is 518. The van der Waals surface area contributed by atoms with E-state index in [4.69, 9.17) is 0 Å². The predicted molar refractivity (Wildman–Crippen MR) is 69.6 cm³/mol. The van der Waals surface area contributed by atoms with E-state index in [0.29, 0.717) is 0 Å². The van der Waals surface area contributed by atoms with Gasteiger partial charge in [-0.3, -0.25) is 0 Å². The van der Waals surface area contributed by atoms with Crippen molar-refractivity contribution in [1.82, 2.24) is 0 Å². The molecule has 0 amide bonds. The minimum atomic E-state index is -4.29. The summed E-state index contributed by atoms with van der Waals surface area (Å²) in [6, 6.07) is 13.5. The SMILES string of the molecule is FC(F)(F)c1ccc(-c2ccccc2)cc1I. The summed E-state index contributed by atoms with van der Waals surface area (Å²) in [4.78, 5) is 0. The van der Waals surface area contributed by atoms with Crippen LogP contribution in [0.1, 0.15) is 5.56 Å². The molecule has 0 aliphatic rings. The van der Waals surface area contributed by atoms with Gasteiger partial charge in [-0.1, -0.05) is 36.4 Å². The van der Waals surface area contributed by atoms with Crippen LogP contribution in [0.25, 0.3) is 11.1 Å². The van der Waals surface area contributed by atoms with Crippen LogP contribution in [0.3, 0.4) is 0 Å². The van der Waals surface area contributed by atoms with Gasteiger partial charge in [0.05, 0.1) is 5.56 Å². The van der Waals surface area contributed by atoms with E-state index in [0.717, 1.165) is 17.2 Å². The van der Waals surface area contributed by atoms with Gasteiger partial charge in [-0.15, -0.1) is 0 Å². The van der Waals surface area contributed by atoms with E-state index in [2.05, 4.69) is 0 Å². The summed E-state index contributed by atoms with van der Waals surface area (Å²) in [5, 5.41) is 0. The predicted octanol–water partition coefficient (Wildman–Crippen LogP) is 4.98. The van der Waals surface area contributed by atoms with Crippen molar-refractivity contribution >= 4 is 22.6 Å². The molecule has 2 rings (SSSR count). The van der Waals surface area contributed by atoms with Gasteiger partial charge in [0.25, 0.3) is 0 Å². The second kappa shape index (κ2) is 4.68. The molecular formula is C13H8F3I. The first kappa shape index (κ1) is 12.4. The van der Waals surface area contributed by atoms with Crippen molar-refractivity contribution in [3.63, 3.8) is 0 Å². The summed E-state index contributed by atoms with van der Waals surface area (Å²) in [5.74, 6) is 0. The Labute approximate surface area is 111 Å². The maximum absolute atomic E-state index is 12.6. The van der Waals surface area contributed by atoms with Gasteiger partial charge in [0.2, 0.25) is 0 Å². The highest BCUT2D eigenvalue weighted by Gasteiger charge is 2.32. The monoisotopic (exact) mass is 348 g/mol. The molecule has 0 aliphatic carbocycles. The lowest BCUT2D eigenvalue weighted by molar-refractivity contribution is -0.138. The third-order valence-electron chi connectivity index (χ3n) is 2.38. The van der Waals surface area contributed by atoms with Gasteiger partial charge in [-0.05, 0) is 45.9 Å². The smallest absolute Gasteiger partial charge is 0.166 e. The molecule has 0 radical (unpaired) electrons. The molecule has 0 spiro atoms. The fourth-order valence-electron chi connectivity index (χ4n) is 1.56. The normalized spacial score (nSPS) is 11.5. The molecule has 0 heterocycles. The Morgan fingerprint density at radius 1 is 0.824 bits per heavy atom. The summed E-state index contributed by atoms with van der Waals surface area (Å²) in [6.45, 7) is 0. The third kappa shape index (κ3) is 2.80. The summed E-state index contributed by atoms with van der Waals surface area (Å²) < 4.78 is 38.0. The Kier molecular flexibility index (Phi) is 3.42. The molecule has 2 aromatic rings. The lowest BCUT2D eigenvalue weighted by Crippen LogP contribution is -2.07. The van der Waals surface area contributed by atoms with Crippen LogP contribution in [-0.4, -0.2) is 0 Å². The molecule has 0 unspecified atom stereocenters. The first-order valence-electron chi connectivity index (χ1n) is 4.90. The fraction of sp³-hybridized carbons (Fsp3) is 0.0769. The molecule has 2 aromatic carbocycles. The van der Waals surface area contributed by atoms with Gasteiger partial charge in [0.15, 0.2) is 0 Å². The quantitative estimate of drug-likeness (QED) is 0.638. The topological polar surface area (TPSA) is 0 Å². The number of hydrogen-bond acceptors (Lipinski definition) is 0. The van der Waals surface area contributed by atoms with Crippen LogP contribution in [0.4, 0.5) is 13.2 Å². The number of halogens is 4. The van der Waals surface area contributed by atoms with Crippen molar-refractivity contribution in [3.05, 3.63) is 57.7 Å². The van der Waals surface area contributed by atoms with E-state index in [1.54, 1.807) is 28.7 Å². The van der Waals surface area contributed by atoms with Crippen LogP contribution >= 0.6 is 22.6 Å². The van der Waals surface area contributed by atoms with E-state index >= 15 is 0 Å². The van der Waals surface area contributed by atoms with Crippen molar-refractivity contribution in [2.45, 2.75) is 6.18 Å². The summed E-state index contributed by atoms with van der Waals surface area (Å²) >= 11 is 1.72. The Morgan fingerprint density at radius 2 is 1.47 bits per heavy atom. The average Bonchev–Trinajstić information content (AvgIpc) is 2.28. The largest absolute Gasteiger partial charge is 0.417 e. The zero-order chi connectivity index (χ0) is 12.5. The van der Waals surface area contributed by atoms with Gasteiger partial charge < -0.3 is 0 Å². The lowest BCUT2D eigenvalue weighted by atomic mass is 10.0. The molecule has 0 nitrogen and oxygen atoms in total. The summed E-state index contributed by atoms with van der Waals surface area (Å²) in [7, 11) is 0. The van der Waals surface area contributed by atoms with Gasteiger partial charge in [-0.25, -0.2) is 0 Å². The first-order chi connectivity index (χ1) is 7.98. The number of alkyl halides is 3. The van der Waals surface area contributed by atoms with Gasteiger partial charge in [-0.2, -0.15) is 13.2 Å². The zero-order valence-corrected chi connectivity index (χ0v) is 10.8. The fourth-order valence-corrected chi connectivity index (χ4v) is 2.38. The van der Waals surface area contributed by atoms with Crippen LogP contribution in [0, 0.1) is 3.57 Å². The molecular weight excluding hydrogens is 340 g/mol. The molecule has 0 aliphatic heterocycles. The second-order valence-corrected chi connectivity index (χ2v) is 4.72. The van der Waals surface area contributed by atoms with Crippen molar-refractivity contribution in [1.29, 1.82) is 0 Å². The highest BCUT2D eigenvalue weighted by Crippen LogP contribution is 2.34. The van der Waals surface area contributed by atoms with Crippen molar-refractivity contribution in [3.8, 4) is 11.1 Å². The minimum Gasteiger partial charge on any atom is -0.166 e. The third-order valence-corrected chi connectivity index (χ3v) is 3.27. The van der Waals surface area contributed by atoms with E-state index < -0.39 is 11.7 Å². The van der Waals surface area contributed by atoms with Crippen LogP contribution in [0.5, 0.6) is 0 Å². The average molecular weight is 348 g/mol. The van der Waals surface area contributed by atoms with Crippen molar-refractivity contribution < 1.29 is 13.2 Å².